The van der Waals surface area contributed by atoms with Gasteiger partial charge in [0.1, 0.15) is 5.82 Å². The highest BCUT2D eigenvalue weighted by Gasteiger charge is 2.03. The normalized spacial score (nSPS) is 10.5. The Morgan fingerprint density at radius 2 is 1.94 bits per heavy atom. The van der Waals surface area contributed by atoms with E-state index in [1.54, 1.807) is 17.8 Å². The lowest BCUT2D eigenvalue weighted by molar-refractivity contribution is 0.940. The molecule has 2 aromatic rings. The Kier molecular flexibility index (Phi) is 3.64. The minimum Gasteiger partial charge on any atom is -0.384 e. The molecule has 3 nitrogen and oxygen atoms in total. The van der Waals surface area contributed by atoms with E-state index in [1.807, 2.05) is 19.1 Å². The van der Waals surface area contributed by atoms with Crippen LogP contribution in [-0.4, -0.2) is 9.97 Å². The molecule has 0 unspecified atom stereocenters. The Balaban J connectivity index is 2.10. The van der Waals surface area contributed by atoms with Crippen molar-refractivity contribution in [1.82, 2.24) is 9.97 Å². The summed E-state index contributed by atoms with van der Waals surface area (Å²) in [6.07, 6.45) is 0. The second kappa shape index (κ2) is 5.19. The highest BCUT2D eigenvalue weighted by atomic mass is 32.2. The smallest absolute Gasteiger partial charge is 0.190 e. The molecule has 1 heterocycles. The zero-order valence-corrected chi connectivity index (χ0v) is 10.8. The zero-order valence-electron chi connectivity index (χ0n) is 9.97. The molecule has 0 amide bonds. The first-order chi connectivity index (χ1) is 8.15. The monoisotopic (exact) mass is 245 g/mol. The van der Waals surface area contributed by atoms with E-state index in [2.05, 4.69) is 29.0 Å². The van der Waals surface area contributed by atoms with Gasteiger partial charge in [0.2, 0.25) is 0 Å². The molecule has 4 heteroatoms. The van der Waals surface area contributed by atoms with Gasteiger partial charge >= 0.3 is 0 Å². The Bertz CT molecular complexity index is 506. The molecule has 1 aromatic carbocycles. The van der Waals surface area contributed by atoms with Crippen LogP contribution in [0.25, 0.3) is 0 Å². The zero-order chi connectivity index (χ0) is 12.3. The molecular weight excluding hydrogens is 230 g/mol. The highest BCUT2D eigenvalue weighted by molar-refractivity contribution is 7.98. The first kappa shape index (κ1) is 11.9. The topological polar surface area (TPSA) is 51.8 Å². The summed E-state index contributed by atoms with van der Waals surface area (Å²) in [5.41, 5.74) is 9.20. The van der Waals surface area contributed by atoms with Gasteiger partial charge in [-0.3, -0.25) is 0 Å². The van der Waals surface area contributed by atoms with Crippen LogP contribution in [0.15, 0.2) is 35.5 Å². The van der Waals surface area contributed by atoms with Crippen LogP contribution in [0, 0.1) is 13.8 Å². The lowest BCUT2D eigenvalue weighted by Crippen LogP contribution is -1.97. The predicted octanol–water partition coefficient (Wildman–Crippen LogP) is 2.97. The summed E-state index contributed by atoms with van der Waals surface area (Å²) in [4.78, 5) is 8.56. The number of hydrogen-bond donors (Lipinski definition) is 1. The van der Waals surface area contributed by atoms with Crippen LogP contribution >= 0.6 is 11.8 Å². The Hall–Kier alpha value is -1.55. The Morgan fingerprint density at radius 3 is 2.65 bits per heavy atom. The number of benzene rings is 1. The molecule has 88 valence electrons. The number of anilines is 1. The summed E-state index contributed by atoms with van der Waals surface area (Å²) in [6.45, 7) is 4.04. The maximum absolute atomic E-state index is 5.69. The van der Waals surface area contributed by atoms with Crippen molar-refractivity contribution in [3.05, 3.63) is 47.2 Å². The van der Waals surface area contributed by atoms with Gasteiger partial charge in [-0.25, -0.2) is 9.97 Å². The third kappa shape index (κ3) is 3.20. The fourth-order valence-corrected chi connectivity index (χ4v) is 2.53. The molecule has 2 N–H and O–H groups in total. The van der Waals surface area contributed by atoms with Gasteiger partial charge in [-0.2, -0.15) is 0 Å². The number of nitrogens with two attached hydrogens (primary N) is 1. The number of aromatic nitrogens is 2. The summed E-state index contributed by atoms with van der Waals surface area (Å²) < 4.78 is 0. The first-order valence-electron chi connectivity index (χ1n) is 5.43. The van der Waals surface area contributed by atoms with Gasteiger partial charge in [0.05, 0.1) is 0 Å². The molecular formula is C13H15N3S. The van der Waals surface area contributed by atoms with Crippen molar-refractivity contribution in [2.75, 3.05) is 5.73 Å². The molecule has 17 heavy (non-hydrogen) atoms. The van der Waals surface area contributed by atoms with Crippen LogP contribution in [-0.2, 0) is 5.75 Å². The maximum Gasteiger partial charge on any atom is 0.190 e. The minimum atomic E-state index is 0.532. The van der Waals surface area contributed by atoms with Crippen molar-refractivity contribution in [1.29, 1.82) is 0 Å². The third-order valence-electron chi connectivity index (χ3n) is 2.47. The number of hydrogen-bond acceptors (Lipinski definition) is 4. The van der Waals surface area contributed by atoms with E-state index in [0.717, 1.165) is 16.6 Å². The first-order valence-corrected chi connectivity index (χ1v) is 6.42. The van der Waals surface area contributed by atoms with E-state index in [-0.39, 0.29) is 0 Å². The summed E-state index contributed by atoms with van der Waals surface area (Å²) in [7, 11) is 0. The standard InChI is InChI=1S/C13H15N3S/c1-9-5-3-4-6-11(9)8-17-13-15-10(2)7-12(14)16-13/h3-7H,8H2,1-2H3,(H2,14,15,16). The second-order valence-electron chi connectivity index (χ2n) is 3.93. The molecule has 2 rings (SSSR count). The van der Waals surface area contributed by atoms with Crippen LogP contribution in [0.3, 0.4) is 0 Å². The van der Waals surface area contributed by atoms with Crippen molar-refractivity contribution in [2.45, 2.75) is 24.8 Å². The lowest BCUT2D eigenvalue weighted by atomic mass is 10.1. The van der Waals surface area contributed by atoms with Crippen LogP contribution < -0.4 is 5.73 Å². The quantitative estimate of drug-likeness (QED) is 0.667. The van der Waals surface area contributed by atoms with E-state index in [0.29, 0.717) is 5.82 Å². The molecule has 0 aliphatic rings. The van der Waals surface area contributed by atoms with Crippen molar-refractivity contribution in [2.24, 2.45) is 0 Å². The number of nitrogens with zero attached hydrogens (tertiary/aromatic N) is 2. The third-order valence-corrected chi connectivity index (χ3v) is 3.37. The van der Waals surface area contributed by atoms with E-state index in [1.165, 1.54) is 11.1 Å². The Labute approximate surface area is 105 Å². The van der Waals surface area contributed by atoms with Crippen molar-refractivity contribution < 1.29 is 0 Å². The van der Waals surface area contributed by atoms with E-state index in [4.69, 9.17) is 5.73 Å². The van der Waals surface area contributed by atoms with E-state index in [9.17, 15) is 0 Å². The van der Waals surface area contributed by atoms with Gasteiger partial charge in [-0.1, -0.05) is 36.0 Å². The van der Waals surface area contributed by atoms with Crippen molar-refractivity contribution >= 4 is 17.6 Å². The van der Waals surface area contributed by atoms with Crippen LogP contribution in [0.2, 0.25) is 0 Å². The van der Waals surface area contributed by atoms with Gasteiger partial charge in [0, 0.05) is 17.5 Å². The highest BCUT2D eigenvalue weighted by Crippen LogP contribution is 2.22. The lowest BCUT2D eigenvalue weighted by Gasteiger charge is -2.05. The molecule has 0 bridgehead atoms. The Morgan fingerprint density at radius 1 is 1.18 bits per heavy atom. The summed E-state index contributed by atoms with van der Waals surface area (Å²) in [6, 6.07) is 10.1. The fourth-order valence-electron chi connectivity index (χ4n) is 1.54. The van der Waals surface area contributed by atoms with Gasteiger partial charge in [0.15, 0.2) is 5.16 Å². The van der Waals surface area contributed by atoms with Crippen molar-refractivity contribution in [3.63, 3.8) is 0 Å². The van der Waals surface area contributed by atoms with Crippen LogP contribution in [0.5, 0.6) is 0 Å². The second-order valence-corrected chi connectivity index (χ2v) is 4.87. The molecule has 0 radical (unpaired) electrons. The van der Waals surface area contributed by atoms with E-state index < -0.39 is 0 Å². The number of rotatable bonds is 3. The van der Waals surface area contributed by atoms with Crippen LogP contribution in [0.1, 0.15) is 16.8 Å². The SMILES string of the molecule is Cc1cc(N)nc(SCc2ccccc2C)n1. The summed E-state index contributed by atoms with van der Waals surface area (Å²) in [5.74, 6) is 1.40. The largest absolute Gasteiger partial charge is 0.384 e. The fraction of sp³-hybridized carbons (Fsp3) is 0.231. The summed E-state index contributed by atoms with van der Waals surface area (Å²) >= 11 is 1.61. The average Bonchev–Trinajstić information content (AvgIpc) is 2.27. The van der Waals surface area contributed by atoms with Gasteiger partial charge in [-0.15, -0.1) is 0 Å². The molecule has 0 saturated heterocycles. The maximum atomic E-state index is 5.69. The molecule has 0 aliphatic carbocycles. The number of aryl methyl sites for hydroxylation is 2. The van der Waals surface area contributed by atoms with Gasteiger partial charge in [0.25, 0.3) is 0 Å². The molecule has 0 aliphatic heterocycles. The number of nitrogen functional groups attached to an aromatic ring is 1. The molecule has 0 fully saturated rings. The molecule has 0 spiro atoms. The average molecular weight is 245 g/mol. The summed E-state index contributed by atoms with van der Waals surface area (Å²) in [5, 5.41) is 0.741. The molecule has 1 aromatic heterocycles. The van der Waals surface area contributed by atoms with E-state index >= 15 is 0 Å². The minimum absolute atomic E-state index is 0.532. The van der Waals surface area contributed by atoms with Crippen LogP contribution in [0.4, 0.5) is 5.82 Å². The van der Waals surface area contributed by atoms with Gasteiger partial charge < -0.3 is 5.73 Å². The van der Waals surface area contributed by atoms with Gasteiger partial charge in [-0.05, 0) is 25.0 Å². The number of thioether (sulfide) groups is 1. The molecule has 0 atom stereocenters. The van der Waals surface area contributed by atoms with Crippen molar-refractivity contribution in [3.8, 4) is 0 Å². The predicted molar refractivity (Wildman–Crippen MR) is 71.9 cm³/mol. The molecule has 0 saturated carbocycles.